The van der Waals surface area contributed by atoms with Gasteiger partial charge in [0.2, 0.25) is 0 Å². The quantitative estimate of drug-likeness (QED) is 0.242. The van der Waals surface area contributed by atoms with Crippen LogP contribution in [-0.4, -0.2) is 42.0 Å². The van der Waals surface area contributed by atoms with Gasteiger partial charge in [-0.15, -0.1) is 0 Å². The first-order chi connectivity index (χ1) is 13.4. The van der Waals surface area contributed by atoms with E-state index in [4.69, 9.17) is 21.1 Å². The van der Waals surface area contributed by atoms with E-state index in [-0.39, 0.29) is 30.2 Å². The first-order valence-electron chi connectivity index (χ1n) is 8.99. The molecule has 0 aromatic carbocycles. The Morgan fingerprint density at radius 2 is 1.97 bits per heavy atom. The number of alkyl halides is 3. The summed E-state index contributed by atoms with van der Waals surface area (Å²) >= 11 is 6.03. The molecule has 0 amide bonds. The van der Waals surface area contributed by atoms with Crippen LogP contribution in [0.2, 0.25) is 30.8 Å². The van der Waals surface area contributed by atoms with Gasteiger partial charge in [0, 0.05) is 20.2 Å². The number of carbonyl (C=O) groups excluding carboxylic acids is 1. The van der Waals surface area contributed by atoms with Crippen LogP contribution in [0.25, 0.3) is 11.3 Å². The molecular formula is C18H23ClF3N3O3Si. The van der Waals surface area contributed by atoms with Crippen LogP contribution >= 0.6 is 11.6 Å². The molecule has 0 saturated carbocycles. The van der Waals surface area contributed by atoms with E-state index in [0.717, 1.165) is 18.2 Å². The average Bonchev–Trinajstić information content (AvgIpc) is 3.01. The molecule has 0 aliphatic carbocycles. The van der Waals surface area contributed by atoms with Gasteiger partial charge in [-0.05, 0) is 25.1 Å². The second-order valence-electron chi connectivity index (χ2n) is 7.51. The van der Waals surface area contributed by atoms with Crippen LogP contribution < -0.4 is 0 Å². The third-order valence-electron chi connectivity index (χ3n) is 3.94. The Bertz CT molecular complexity index is 866. The number of hydrogen-bond acceptors (Lipinski definition) is 5. The second-order valence-corrected chi connectivity index (χ2v) is 13.5. The summed E-state index contributed by atoms with van der Waals surface area (Å²) in [6.45, 7) is 8.93. The van der Waals surface area contributed by atoms with Crippen molar-refractivity contribution < 1.29 is 27.4 Å². The second kappa shape index (κ2) is 9.27. The molecule has 6 nitrogen and oxygen atoms in total. The highest BCUT2D eigenvalue weighted by atomic mass is 35.5. The third kappa shape index (κ3) is 6.28. The van der Waals surface area contributed by atoms with Crippen molar-refractivity contribution >= 4 is 25.6 Å². The van der Waals surface area contributed by atoms with Crippen molar-refractivity contribution in [1.82, 2.24) is 14.8 Å². The number of pyridine rings is 1. The van der Waals surface area contributed by atoms with Crippen LogP contribution in [0.5, 0.6) is 0 Å². The summed E-state index contributed by atoms with van der Waals surface area (Å²) in [5.41, 5.74) is -0.720. The molecule has 160 valence electrons. The number of carbonyl (C=O) groups is 1. The zero-order valence-electron chi connectivity index (χ0n) is 16.6. The van der Waals surface area contributed by atoms with Crippen LogP contribution in [0.4, 0.5) is 13.2 Å². The number of esters is 1. The van der Waals surface area contributed by atoms with E-state index >= 15 is 0 Å². The zero-order chi connectivity index (χ0) is 21.8. The van der Waals surface area contributed by atoms with Gasteiger partial charge in [0.05, 0.1) is 18.5 Å². The lowest BCUT2D eigenvalue weighted by Crippen LogP contribution is -2.22. The lowest BCUT2D eigenvalue weighted by atomic mass is 10.1. The summed E-state index contributed by atoms with van der Waals surface area (Å²) in [6, 6.07) is 2.90. The minimum atomic E-state index is -4.63. The fraction of sp³-hybridized carbons (Fsp3) is 0.500. The molecule has 0 bridgehead atoms. The zero-order valence-corrected chi connectivity index (χ0v) is 18.4. The first kappa shape index (κ1) is 23.4. The van der Waals surface area contributed by atoms with Gasteiger partial charge in [-0.3, -0.25) is 0 Å². The Hall–Kier alpha value is -1.91. The van der Waals surface area contributed by atoms with Gasteiger partial charge >= 0.3 is 12.1 Å². The fourth-order valence-electron chi connectivity index (χ4n) is 2.42. The summed E-state index contributed by atoms with van der Waals surface area (Å²) < 4.78 is 50.8. The van der Waals surface area contributed by atoms with Crippen molar-refractivity contribution in [3.05, 3.63) is 34.7 Å². The SMILES string of the molecule is CCOC(=O)c1cnn(COCC[Si](C)(C)C)c1-c1ccc(C(F)(F)F)nc1Cl. The van der Waals surface area contributed by atoms with Crippen molar-refractivity contribution in [2.24, 2.45) is 0 Å². The van der Waals surface area contributed by atoms with Crippen molar-refractivity contribution in [2.75, 3.05) is 13.2 Å². The first-order valence-corrected chi connectivity index (χ1v) is 13.1. The number of ether oxygens (including phenoxy) is 2. The maximum absolute atomic E-state index is 12.9. The van der Waals surface area contributed by atoms with Crippen LogP contribution in [-0.2, 0) is 22.4 Å². The number of nitrogens with zero attached hydrogens (tertiary/aromatic N) is 3. The molecule has 29 heavy (non-hydrogen) atoms. The Kier molecular flexibility index (Phi) is 7.47. The molecule has 0 N–H and O–H groups in total. The van der Waals surface area contributed by atoms with Crippen molar-refractivity contribution in [1.29, 1.82) is 0 Å². The Labute approximate surface area is 173 Å². The molecule has 0 aliphatic rings. The topological polar surface area (TPSA) is 66.2 Å². The smallest absolute Gasteiger partial charge is 0.433 e. The van der Waals surface area contributed by atoms with Crippen LogP contribution in [0.15, 0.2) is 18.3 Å². The molecule has 2 heterocycles. The molecule has 0 atom stereocenters. The highest BCUT2D eigenvalue weighted by Crippen LogP contribution is 2.34. The summed E-state index contributed by atoms with van der Waals surface area (Å²) in [6.07, 6.45) is -3.35. The minimum Gasteiger partial charge on any atom is -0.462 e. The van der Waals surface area contributed by atoms with E-state index in [1.54, 1.807) is 6.92 Å². The van der Waals surface area contributed by atoms with Gasteiger partial charge in [0.15, 0.2) is 0 Å². The van der Waals surface area contributed by atoms with Gasteiger partial charge in [0.1, 0.15) is 23.1 Å². The molecular weight excluding hydrogens is 427 g/mol. The summed E-state index contributed by atoms with van der Waals surface area (Å²) in [5.74, 6) is -0.660. The predicted molar refractivity (Wildman–Crippen MR) is 106 cm³/mol. The summed E-state index contributed by atoms with van der Waals surface area (Å²) in [5, 5.41) is 3.74. The van der Waals surface area contributed by atoms with Crippen molar-refractivity contribution in [2.45, 2.75) is 45.5 Å². The molecule has 0 unspecified atom stereocenters. The normalized spacial score (nSPS) is 12.3. The highest BCUT2D eigenvalue weighted by molar-refractivity contribution is 6.76. The number of rotatable bonds is 8. The van der Waals surface area contributed by atoms with Crippen molar-refractivity contribution in [3.8, 4) is 11.3 Å². The van der Waals surface area contributed by atoms with Gasteiger partial charge in [0.25, 0.3) is 0 Å². The largest absolute Gasteiger partial charge is 0.462 e. The molecule has 2 aromatic rings. The lowest BCUT2D eigenvalue weighted by molar-refractivity contribution is -0.141. The molecule has 0 fully saturated rings. The highest BCUT2D eigenvalue weighted by Gasteiger charge is 2.33. The Balaban J connectivity index is 2.39. The molecule has 0 radical (unpaired) electrons. The number of halogens is 4. The van der Waals surface area contributed by atoms with Gasteiger partial charge in [-0.25, -0.2) is 14.5 Å². The molecule has 2 rings (SSSR count). The maximum Gasteiger partial charge on any atom is 0.433 e. The van der Waals surface area contributed by atoms with Crippen molar-refractivity contribution in [3.63, 3.8) is 0 Å². The number of hydrogen-bond donors (Lipinski definition) is 0. The summed E-state index contributed by atoms with van der Waals surface area (Å²) in [7, 11) is -1.30. The van der Waals surface area contributed by atoms with E-state index in [0.29, 0.717) is 6.61 Å². The van der Waals surface area contributed by atoms with Crippen LogP contribution in [0.1, 0.15) is 23.0 Å². The summed E-state index contributed by atoms with van der Waals surface area (Å²) in [4.78, 5) is 15.7. The maximum atomic E-state index is 12.9. The van der Waals surface area contributed by atoms with Gasteiger partial charge in [-0.1, -0.05) is 31.2 Å². The van der Waals surface area contributed by atoms with E-state index in [1.807, 2.05) is 0 Å². The Morgan fingerprint density at radius 1 is 1.28 bits per heavy atom. The van der Waals surface area contributed by atoms with E-state index < -0.39 is 31.1 Å². The average molecular weight is 450 g/mol. The molecule has 2 aromatic heterocycles. The Morgan fingerprint density at radius 3 is 2.52 bits per heavy atom. The fourth-order valence-corrected chi connectivity index (χ4v) is 3.42. The number of aromatic nitrogens is 3. The third-order valence-corrected chi connectivity index (χ3v) is 5.93. The molecule has 0 spiro atoms. The van der Waals surface area contributed by atoms with Gasteiger partial charge < -0.3 is 9.47 Å². The molecule has 11 heteroatoms. The lowest BCUT2D eigenvalue weighted by Gasteiger charge is -2.16. The van der Waals surface area contributed by atoms with Crippen LogP contribution in [0.3, 0.4) is 0 Å². The van der Waals surface area contributed by atoms with Gasteiger partial charge in [-0.2, -0.15) is 18.3 Å². The van der Waals surface area contributed by atoms with E-state index in [1.165, 1.54) is 10.9 Å². The van der Waals surface area contributed by atoms with E-state index in [9.17, 15) is 18.0 Å². The molecule has 0 saturated heterocycles. The standard InChI is InChI=1S/C18H23ClF3N3O3Si/c1-5-28-17(26)13-10-23-25(11-27-8-9-29(2,3)4)15(13)12-6-7-14(18(20,21)22)24-16(12)19/h6-7,10H,5,8-9,11H2,1-4H3. The minimum absolute atomic E-state index is 0.0105. The predicted octanol–water partition coefficient (Wildman–Crippen LogP) is 5.11. The molecule has 0 aliphatic heterocycles. The van der Waals surface area contributed by atoms with E-state index in [2.05, 4.69) is 29.7 Å². The van der Waals surface area contributed by atoms with Crippen LogP contribution in [0, 0.1) is 0 Å². The monoisotopic (exact) mass is 449 g/mol.